The molecule has 0 atom stereocenters. The molecule has 0 amide bonds. The van der Waals surface area contributed by atoms with Crippen molar-refractivity contribution in [2.24, 2.45) is 5.14 Å². The Labute approximate surface area is 110 Å². The normalized spacial score (nSPS) is 11.9. The monoisotopic (exact) mass is 283 g/mol. The van der Waals surface area contributed by atoms with Crippen LogP contribution in [0.15, 0.2) is 0 Å². The lowest BCUT2D eigenvalue weighted by atomic mass is 10.3. The van der Waals surface area contributed by atoms with Gasteiger partial charge in [-0.3, -0.25) is 0 Å². The van der Waals surface area contributed by atoms with Gasteiger partial charge in [0.15, 0.2) is 0 Å². The second kappa shape index (κ2) is 11.9. The smallest absolute Gasteiger partial charge is 0.209 e. The number of unbranched alkanes of at least 4 members (excludes halogenated alkanes) is 2. The minimum absolute atomic E-state index is 0.0559. The molecule has 0 saturated carbocycles. The second-order valence-corrected chi connectivity index (χ2v) is 5.73. The van der Waals surface area contributed by atoms with Crippen molar-refractivity contribution in [2.75, 3.05) is 45.9 Å². The Morgan fingerprint density at radius 2 is 1.44 bits per heavy atom. The van der Waals surface area contributed by atoms with Crippen molar-refractivity contribution in [3.63, 3.8) is 0 Å². The Hall–Kier alpha value is -0.210. The lowest BCUT2D eigenvalue weighted by molar-refractivity contribution is 0.0509. The van der Waals surface area contributed by atoms with Crippen LogP contribution in [0.5, 0.6) is 0 Å². The molecule has 7 heteroatoms. The van der Waals surface area contributed by atoms with Gasteiger partial charge in [0.1, 0.15) is 0 Å². The first-order valence-electron chi connectivity index (χ1n) is 6.21. The topological polar surface area (TPSA) is 87.8 Å². The number of hydrogen-bond donors (Lipinski definition) is 1. The summed E-state index contributed by atoms with van der Waals surface area (Å²) in [5.41, 5.74) is 0. The van der Waals surface area contributed by atoms with E-state index in [1.165, 1.54) is 0 Å². The van der Waals surface area contributed by atoms with Gasteiger partial charge in [-0.1, -0.05) is 6.42 Å². The molecule has 0 aromatic heterocycles. The molecule has 18 heavy (non-hydrogen) atoms. The lowest BCUT2D eigenvalue weighted by Crippen LogP contribution is -2.16. The molecule has 0 unspecified atom stereocenters. The molecule has 2 N–H and O–H groups in total. The van der Waals surface area contributed by atoms with Crippen molar-refractivity contribution in [1.29, 1.82) is 0 Å². The van der Waals surface area contributed by atoms with Gasteiger partial charge in [0, 0.05) is 26.9 Å². The van der Waals surface area contributed by atoms with E-state index in [1.54, 1.807) is 7.11 Å². The number of sulfonamides is 1. The van der Waals surface area contributed by atoms with Crippen LogP contribution in [-0.4, -0.2) is 54.3 Å². The van der Waals surface area contributed by atoms with Crippen LogP contribution >= 0.6 is 0 Å². The summed E-state index contributed by atoms with van der Waals surface area (Å²) in [4.78, 5) is 0. The molecule has 6 nitrogen and oxygen atoms in total. The molecule has 0 rings (SSSR count). The maximum absolute atomic E-state index is 10.6. The molecule has 0 aliphatic carbocycles. The van der Waals surface area contributed by atoms with Gasteiger partial charge < -0.3 is 14.2 Å². The third-order valence-electron chi connectivity index (χ3n) is 2.23. The molecule has 0 aromatic carbocycles. The highest BCUT2D eigenvalue weighted by Crippen LogP contribution is 1.98. The zero-order chi connectivity index (χ0) is 13.7. The summed E-state index contributed by atoms with van der Waals surface area (Å²) in [6.07, 6.45) is 3.14. The summed E-state index contributed by atoms with van der Waals surface area (Å²) in [6.45, 7) is 3.23. The van der Waals surface area contributed by atoms with Gasteiger partial charge in [0.05, 0.1) is 19.0 Å². The molecule has 0 heterocycles. The van der Waals surface area contributed by atoms with Crippen LogP contribution in [-0.2, 0) is 24.2 Å². The van der Waals surface area contributed by atoms with Crippen molar-refractivity contribution in [3.8, 4) is 0 Å². The second-order valence-electron chi connectivity index (χ2n) is 4.00. The highest BCUT2D eigenvalue weighted by molar-refractivity contribution is 7.89. The first kappa shape index (κ1) is 17.8. The summed E-state index contributed by atoms with van der Waals surface area (Å²) in [6, 6.07) is 0. The Morgan fingerprint density at radius 1 is 0.833 bits per heavy atom. The predicted molar refractivity (Wildman–Crippen MR) is 70.0 cm³/mol. The van der Waals surface area contributed by atoms with E-state index in [-0.39, 0.29) is 5.75 Å². The standard InChI is InChI=1S/C11H25NO5S/c1-15-9-10-17-8-5-7-16-6-3-2-4-11-18(12,13)14/h2-11H2,1H3,(H2,12,13,14). The van der Waals surface area contributed by atoms with Gasteiger partial charge in [-0.15, -0.1) is 0 Å². The Morgan fingerprint density at radius 3 is 2.06 bits per heavy atom. The maximum atomic E-state index is 10.6. The molecule has 0 fully saturated rings. The molecular formula is C11H25NO5S. The van der Waals surface area contributed by atoms with Crippen LogP contribution in [0.2, 0.25) is 0 Å². The van der Waals surface area contributed by atoms with Crippen LogP contribution in [0, 0.1) is 0 Å². The molecule has 0 saturated heterocycles. The lowest BCUT2D eigenvalue weighted by Gasteiger charge is -2.05. The van der Waals surface area contributed by atoms with Crippen LogP contribution in [0.3, 0.4) is 0 Å². The third kappa shape index (κ3) is 15.8. The number of nitrogens with two attached hydrogens (primary N) is 1. The zero-order valence-electron chi connectivity index (χ0n) is 11.1. The summed E-state index contributed by atoms with van der Waals surface area (Å²) >= 11 is 0. The van der Waals surface area contributed by atoms with Gasteiger partial charge >= 0.3 is 0 Å². The largest absolute Gasteiger partial charge is 0.382 e. The summed E-state index contributed by atoms with van der Waals surface area (Å²) < 4.78 is 36.8. The quantitative estimate of drug-likeness (QED) is 0.498. The minimum atomic E-state index is -3.30. The van der Waals surface area contributed by atoms with Crippen LogP contribution in [0.1, 0.15) is 25.7 Å². The molecule has 0 radical (unpaired) electrons. The van der Waals surface area contributed by atoms with E-state index >= 15 is 0 Å². The summed E-state index contributed by atoms with van der Waals surface area (Å²) in [5, 5.41) is 4.88. The molecule has 0 aromatic rings. The summed E-state index contributed by atoms with van der Waals surface area (Å²) in [7, 11) is -1.66. The van der Waals surface area contributed by atoms with E-state index in [4.69, 9.17) is 19.3 Å². The number of primary sulfonamides is 1. The molecule has 0 aliphatic heterocycles. The van der Waals surface area contributed by atoms with E-state index < -0.39 is 10.0 Å². The fourth-order valence-electron chi connectivity index (χ4n) is 1.29. The van der Waals surface area contributed by atoms with Gasteiger partial charge in [0.25, 0.3) is 0 Å². The van der Waals surface area contributed by atoms with E-state index in [2.05, 4.69) is 0 Å². The first-order chi connectivity index (χ1) is 8.56. The number of methoxy groups -OCH3 is 1. The van der Waals surface area contributed by atoms with Crippen LogP contribution in [0.25, 0.3) is 0 Å². The Bertz CT molecular complexity index is 269. The predicted octanol–water partition coefficient (Wildman–Crippen LogP) is 0.515. The highest BCUT2D eigenvalue weighted by atomic mass is 32.2. The molecule has 0 spiro atoms. The van der Waals surface area contributed by atoms with E-state index in [0.29, 0.717) is 39.5 Å². The van der Waals surface area contributed by atoms with Crippen molar-refractivity contribution >= 4 is 10.0 Å². The van der Waals surface area contributed by atoms with Crippen molar-refractivity contribution in [2.45, 2.75) is 25.7 Å². The molecule has 0 aliphatic rings. The van der Waals surface area contributed by atoms with Crippen LogP contribution in [0.4, 0.5) is 0 Å². The molecular weight excluding hydrogens is 258 g/mol. The average molecular weight is 283 g/mol. The third-order valence-corrected chi connectivity index (χ3v) is 3.08. The Kier molecular flexibility index (Phi) is 11.7. The number of rotatable bonds is 13. The van der Waals surface area contributed by atoms with Crippen LogP contribution < -0.4 is 5.14 Å². The summed E-state index contributed by atoms with van der Waals surface area (Å²) in [5.74, 6) is 0.0559. The number of hydrogen-bond acceptors (Lipinski definition) is 5. The molecule has 0 bridgehead atoms. The van der Waals surface area contributed by atoms with Crippen molar-refractivity contribution in [1.82, 2.24) is 0 Å². The fraction of sp³-hybridized carbons (Fsp3) is 1.00. The highest BCUT2D eigenvalue weighted by Gasteiger charge is 2.01. The molecule has 110 valence electrons. The van der Waals surface area contributed by atoms with Gasteiger partial charge in [0.2, 0.25) is 10.0 Å². The first-order valence-corrected chi connectivity index (χ1v) is 7.92. The fourth-order valence-corrected chi connectivity index (χ4v) is 1.90. The van der Waals surface area contributed by atoms with Gasteiger partial charge in [-0.2, -0.15) is 0 Å². The minimum Gasteiger partial charge on any atom is -0.382 e. The maximum Gasteiger partial charge on any atom is 0.209 e. The van der Waals surface area contributed by atoms with Crippen molar-refractivity contribution in [3.05, 3.63) is 0 Å². The average Bonchev–Trinajstić information content (AvgIpc) is 2.29. The zero-order valence-corrected chi connectivity index (χ0v) is 11.9. The van der Waals surface area contributed by atoms with E-state index in [9.17, 15) is 8.42 Å². The number of ether oxygens (including phenoxy) is 3. The Balaban J connectivity index is 3.03. The van der Waals surface area contributed by atoms with Crippen molar-refractivity contribution < 1.29 is 22.6 Å². The SMILES string of the molecule is COCCOCCCOCCCCCS(N)(=O)=O. The van der Waals surface area contributed by atoms with E-state index in [0.717, 1.165) is 19.3 Å². The van der Waals surface area contributed by atoms with E-state index in [1.807, 2.05) is 0 Å². The van der Waals surface area contributed by atoms with Gasteiger partial charge in [-0.05, 0) is 19.3 Å². The van der Waals surface area contributed by atoms with Gasteiger partial charge in [-0.25, -0.2) is 13.6 Å².